The van der Waals surface area contributed by atoms with Crippen molar-refractivity contribution >= 4 is 15.9 Å². The number of fused-ring (bicyclic) bond motifs is 3. The minimum absolute atomic E-state index is 0.215. The molecule has 0 aromatic heterocycles. The molecule has 1 nitrogen and oxygen atoms in total. The standard InChI is InChI=1S/C19H19BrO/c20-14-8-5-12(6-9-14)11-17(21)19-16-10-7-13-3-1-2-4-15(13)18(16)19/h1-6,8-9,16-19,21H,7,10-11H2. The lowest BCUT2D eigenvalue weighted by Crippen LogP contribution is -2.14. The van der Waals surface area contributed by atoms with E-state index in [1.54, 1.807) is 0 Å². The van der Waals surface area contributed by atoms with Crippen molar-refractivity contribution in [3.63, 3.8) is 0 Å². The molecule has 0 radical (unpaired) electrons. The van der Waals surface area contributed by atoms with Crippen LogP contribution in [0.1, 0.15) is 29.0 Å². The molecule has 1 N–H and O–H groups in total. The van der Waals surface area contributed by atoms with Gasteiger partial charge in [0.25, 0.3) is 0 Å². The Morgan fingerprint density at radius 2 is 1.86 bits per heavy atom. The molecule has 2 aliphatic carbocycles. The van der Waals surface area contributed by atoms with Gasteiger partial charge in [0.1, 0.15) is 0 Å². The highest BCUT2D eigenvalue weighted by Gasteiger charge is 2.55. The van der Waals surface area contributed by atoms with Crippen LogP contribution in [0.3, 0.4) is 0 Å². The van der Waals surface area contributed by atoms with Gasteiger partial charge < -0.3 is 5.11 Å². The molecule has 2 aliphatic rings. The second-order valence-corrected chi connectivity index (χ2v) is 7.32. The van der Waals surface area contributed by atoms with Crippen molar-refractivity contribution < 1.29 is 5.11 Å². The first-order valence-electron chi connectivity index (χ1n) is 7.74. The quantitative estimate of drug-likeness (QED) is 0.880. The van der Waals surface area contributed by atoms with Gasteiger partial charge in [0, 0.05) is 4.47 Å². The Kier molecular flexibility index (Phi) is 3.39. The second kappa shape index (κ2) is 5.26. The van der Waals surface area contributed by atoms with Gasteiger partial charge in [-0.3, -0.25) is 0 Å². The molecule has 0 heterocycles. The number of rotatable bonds is 3. The van der Waals surface area contributed by atoms with Crippen molar-refractivity contribution in [3.05, 3.63) is 69.7 Å². The van der Waals surface area contributed by atoms with E-state index >= 15 is 0 Å². The number of halogens is 1. The van der Waals surface area contributed by atoms with E-state index in [1.165, 1.54) is 29.5 Å². The Labute approximate surface area is 134 Å². The number of benzene rings is 2. The fraction of sp³-hybridized carbons (Fsp3) is 0.368. The van der Waals surface area contributed by atoms with E-state index in [0.29, 0.717) is 17.8 Å². The van der Waals surface area contributed by atoms with E-state index < -0.39 is 0 Å². The highest BCUT2D eigenvalue weighted by molar-refractivity contribution is 9.10. The number of aliphatic hydroxyl groups is 1. The van der Waals surface area contributed by atoms with Gasteiger partial charge in [0.05, 0.1) is 6.10 Å². The van der Waals surface area contributed by atoms with Crippen molar-refractivity contribution in [2.75, 3.05) is 0 Å². The van der Waals surface area contributed by atoms with Crippen molar-refractivity contribution in [1.82, 2.24) is 0 Å². The summed E-state index contributed by atoms with van der Waals surface area (Å²) < 4.78 is 1.09. The summed E-state index contributed by atoms with van der Waals surface area (Å²) in [5, 5.41) is 10.7. The molecule has 0 aliphatic heterocycles. The second-order valence-electron chi connectivity index (χ2n) is 6.40. The van der Waals surface area contributed by atoms with Gasteiger partial charge in [-0.05, 0) is 65.8 Å². The first-order valence-corrected chi connectivity index (χ1v) is 8.53. The molecule has 2 aromatic rings. The third-order valence-electron chi connectivity index (χ3n) is 5.19. The zero-order valence-electron chi connectivity index (χ0n) is 11.9. The van der Waals surface area contributed by atoms with Crippen LogP contribution in [0.2, 0.25) is 0 Å². The van der Waals surface area contributed by atoms with E-state index in [-0.39, 0.29) is 6.10 Å². The third-order valence-corrected chi connectivity index (χ3v) is 5.72. The molecular weight excluding hydrogens is 324 g/mol. The molecule has 4 atom stereocenters. The smallest absolute Gasteiger partial charge is 0.0617 e. The third kappa shape index (κ3) is 2.45. The molecular formula is C19H19BrO. The molecule has 1 saturated carbocycles. The van der Waals surface area contributed by atoms with E-state index in [2.05, 4.69) is 64.5 Å². The Morgan fingerprint density at radius 1 is 1.10 bits per heavy atom. The molecule has 2 aromatic carbocycles. The van der Waals surface area contributed by atoms with Gasteiger partial charge in [-0.1, -0.05) is 52.3 Å². The highest BCUT2D eigenvalue weighted by atomic mass is 79.9. The van der Waals surface area contributed by atoms with Gasteiger partial charge in [-0.15, -0.1) is 0 Å². The minimum Gasteiger partial charge on any atom is -0.392 e. The van der Waals surface area contributed by atoms with Gasteiger partial charge in [-0.25, -0.2) is 0 Å². The minimum atomic E-state index is -0.215. The number of hydrogen-bond donors (Lipinski definition) is 1. The maximum atomic E-state index is 10.7. The van der Waals surface area contributed by atoms with Crippen LogP contribution in [0, 0.1) is 11.8 Å². The van der Waals surface area contributed by atoms with E-state index in [4.69, 9.17) is 0 Å². The van der Waals surface area contributed by atoms with Crippen molar-refractivity contribution in [1.29, 1.82) is 0 Å². The molecule has 0 spiro atoms. The number of aliphatic hydroxyl groups excluding tert-OH is 1. The normalized spacial score (nSPS) is 27.6. The number of hydrogen-bond acceptors (Lipinski definition) is 1. The summed E-state index contributed by atoms with van der Waals surface area (Å²) in [5.41, 5.74) is 4.22. The lowest BCUT2D eigenvalue weighted by atomic mass is 9.92. The first kappa shape index (κ1) is 13.5. The van der Waals surface area contributed by atoms with Gasteiger partial charge in [-0.2, -0.15) is 0 Å². The molecule has 0 saturated heterocycles. The molecule has 4 unspecified atom stereocenters. The van der Waals surface area contributed by atoms with Crippen LogP contribution >= 0.6 is 15.9 Å². The zero-order valence-corrected chi connectivity index (χ0v) is 13.5. The zero-order chi connectivity index (χ0) is 14.4. The fourth-order valence-corrected chi connectivity index (χ4v) is 4.41. The summed E-state index contributed by atoms with van der Waals surface area (Å²) >= 11 is 3.46. The molecule has 0 bridgehead atoms. The molecule has 2 heteroatoms. The fourth-order valence-electron chi connectivity index (χ4n) is 4.14. The molecule has 0 amide bonds. The van der Waals surface area contributed by atoms with Gasteiger partial charge >= 0.3 is 0 Å². The summed E-state index contributed by atoms with van der Waals surface area (Å²) in [6, 6.07) is 17.1. The first-order chi connectivity index (χ1) is 10.2. The van der Waals surface area contributed by atoms with Crippen LogP contribution in [0.15, 0.2) is 53.0 Å². The predicted octanol–water partition coefficient (Wildman–Crippen LogP) is 4.33. The lowest BCUT2D eigenvalue weighted by Gasteiger charge is -2.13. The summed E-state index contributed by atoms with van der Waals surface area (Å²) in [4.78, 5) is 0. The predicted molar refractivity (Wildman–Crippen MR) is 88.3 cm³/mol. The molecule has 21 heavy (non-hydrogen) atoms. The van der Waals surface area contributed by atoms with Crippen molar-refractivity contribution in [3.8, 4) is 0 Å². The largest absolute Gasteiger partial charge is 0.392 e. The maximum absolute atomic E-state index is 10.7. The van der Waals surface area contributed by atoms with Crippen LogP contribution < -0.4 is 0 Å². The molecule has 4 rings (SSSR count). The summed E-state index contributed by atoms with van der Waals surface area (Å²) in [6.45, 7) is 0. The van der Waals surface area contributed by atoms with Crippen LogP contribution in [-0.2, 0) is 12.8 Å². The van der Waals surface area contributed by atoms with Crippen LogP contribution in [0.25, 0.3) is 0 Å². The summed E-state index contributed by atoms with van der Waals surface area (Å²) in [5.74, 6) is 1.75. The van der Waals surface area contributed by atoms with Crippen LogP contribution in [0.4, 0.5) is 0 Å². The Balaban J connectivity index is 1.50. The van der Waals surface area contributed by atoms with Crippen molar-refractivity contribution in [2.24, 2.45) is 11.8 Å². The molecule has 108 valence electrons. The molecule has 1 fully saturated rings. The monoisotopic (exact) mass is 342 g/mol. The van der Waals surface area contributed by atoms with Gasteiger partial charge in [0.15, 0.2) is 0 Å². The number of aryl methyl sites for hydroxylation is 1. The van der Waals surface area contributed by atoms with Gasteiger partial charge in [0.2, 0.25) is 0 Å². The average Bonchev–Trinajstić information content (AvgIpc) is 3.25. The summed E-state index contributed by atoms with van der Waals surface area (Å²) in [7, 11) is 0. The maximum Gasteiger partial charge on any atom is 0.0617 e. The van der Waals surface area contributed by atoms with Crippen LogP contribution in [-0.4, -0.2) is 11.2 Å². The average molecular weight is 343 g/mol. The van der Waals surface area contributed by atoms with E-state index in [1.807, 2.05) is 0 Å². The Hall–Kier alpha value is -1.12. The Bertz CT molecular complexity index is 649. The van der Waals surface area contributed by atoms with Crippen molar-refractivity contribution in [2.45, 2.75) is 31.3 Å². The highest BCUT2D eigenvalue weighted by Crippen LogP contribution is 2.61. The lowest BCUT2D eigenvalue weighted by molar-refractivity contribution is 0.143. The van der Waals surface area contributed by atoms with E-state index in [9.17, 15) is 5.11 Å². The van der Waals surface area contributed by atoms with E-state index in [0.717, 1.165) is 10.9 Å². The van der Waals surface area contributed by atoms with Crippen LogP contribution in [0.5, 0.6) is 0 Å². The SMILES string of the molecule is OC(Cc1ccc(Br)cc1)C1C2CCc3ccccc3C21. The Morgan fingerprint density at radius 3 is 2.67 bits per heavy atom. The summed E-state index contributed by atoms with van der Waals surface area (Å²) in [6.07, 6.45) is 2.97. The topological polar surface area (TPSA) is 20.2 Å².